The molecular formula is C23H33NO3. The lowest BCUT2D eigenvalue weighted by molar-refractivity contribution is 0.110. The lowest BCUT2D eigenvalue weighted by Gasteiger charge is -2.20. The molecule has 0 aliphatic heterocycles. The van der Waals surface area contributed by atoms with Crippen molar-refractivity contribution in [2.45, 2.75) is 46.1 Å². The van der Waals surface area contributed by atoms with Crippen molar-refractivity contribution in [1.29, 1.82) is 0 Å². The molecule has 1 atom stereocenters. The molecule has 0 aromatic heterocycles. The van der Waals surface area contributed by atoms with E-state index in [4.69, 9.17) is 14.2 Å². The van der Waals surface area contributed by atoms with Gasteiger partial charge in [0.1, 0.15) is 24.2 Å². The van der Waals surface area contributed by atoms with E-state index in [1.165, 1.54) is 5.56 Å². The maximum atomic E-state index is 6.00. The summed E-state index contributed by atoms with van der Waals surface area (Å²) in [6.45, 7) is 13.3. The van der Waals surface area contributed by atoms with Gasteiger partial charge < -0.3 is 19.5 Å². The molecule has 0 saturated heterocycles. The van der Waals surface area contributed by atoms with Crippen LogP contribution in [0.15, 0.2) is 48.5 Å². The number of nitrogens with one attached hydrogen (secondary N) is 1. The summed E-state index contributed by atoms with van der Waals surface area (Å²) in [5.41, 5.74) is 2.51. The maximum absolute atomic E-state index is 6.00. The Morgan fingerprint density at radius 2 is 1.52 bits per heavy atom. The summed E-state index contributed by atoms with van der Waals surface area (Å²) in [4.78, 5) is 0. The minimum atomic E-state index is 0.0626. The molecule has 1 unspecified atom stereocenters. The Hall–Kier alpha value is -2.20. The molecule has 1 N–H and O–H groups in total. The predicted octanol–water partition coefficient (Wildman–Crippen LogP) is 5.28. The van der Waals surface area contributed by atoms with Crippen LogP contribution in [0.1, 0.15) is 40.2 Å². The van der Waals surface area contributed by atoms with E-state index in [0.29, 0.717) is 19.8 Å². The minimum absolute atomic E-state index is 0.0626. The molecule has 0 amide bonds. The summed E-state index contributed by atoms with van der Waals surface area (Å²) in [7, 11) is 0. The highest BCUT2D eigenvalue weighted by atomic mass is 16.5. The number of hydrogen-bond acceptors (Lipinski definition) is 4. The largest absolute Gasteiger partial charge is 0.491 e. The fourth-order valence-electron chi connectivity index (χ4n) is 2.60. The van der Waals surface area contributed by atoms with Gasteiger partial charge in [0.15, 0.2) is 0 Å². The number of ether oxygens (including phenoxy) is 3. The van der Waals surface area contributed by atoms with E-state index >= 15 is 0 Å². The highest BCUT2D eigenvalue weighted by Gasteiger charge is 2.13. The maximum Gasteiger partial charge on any atom is 0.119 e. The fraction of sp³-hybridized carbons (Fsp3) is 0.478. The Morgan fingerprint density at radius 3 is 2.11 bits per heavy atom. The van der Waals surface area contributed by atoms with Gasteiger partial charge in [-0.15, -0.1) is 0 Å². The van der Waals surface area contributed by atoms with Crippen molar-refractivity contribution in [3.05, 3.63) is 54.1 Å². The zero-order valence-corrected chi connectivity index (χ0v) is 17.2. The molecule has 0 aliphatic rings. The van der Waals surface area contributed by atoms with Gasteiger partial charge in [-0.25, -0.2) is 0 Å². The number of benzene rings is 2. The van der Waals surface area contributed by atoms with Crippen molar-refractivity contribution in [2.24, 2.45) is 0 Å². The average molecular weight is 372 g/mol. The standard InChI is InChI=1S/C23H33NO3/c1-6-25-15-16-26-21-13-9-20(10-14-21)24-17-18(2)27-22-11-7-19(8-12-22)23(3,4)5/h7-14,18,24H,6,15-17H2,1-5H3. The molecule has 4 heteroatoms. The van der Waals surface area contributed by atoms with Crippen molar-refractivity contribution < 1.29 is 14.2 Å². The van der Waals surface area contributed by atoms with Crippen molar-refractivity contribution in [2.75, 3.05) is 31.7 Å². The first kappa shape index (κ1) is 21.1. The molecule has 0 bridgehead atoms. The summed E-state index contributed by atoms with van der Waals surface area (Å²) in [5, 5.41) is 3.40. The molecule has 27 heavy (non-hydrogen) atoms. The van der Waals surface area contributed by atoms with Gasteiger partial charge in [0, 0.05) is 12.3 Å². The van der Waals surface area contributed by atoms with Crippen molar-refractivity contribution >= 4 is 5.69 Å². The highest BCUT2D eigenvalue weighted by Crippen LogP contribution is 2.24. The van der Waals surface area contributed by atoms with Crippen LogP contribution in [0.4, 0.5) is 5.69 Å². The third-order valence-corrected chi connectivity index (χ3v) is 4.21. The average Bonchev–Trinajstić information content (AvgIpc) is 2.64. The lowest BCUT2D eigenvalue weighted by Crippen LogP contribution is -2.22. The summed E-state index contributed by atoms with van der Waals surface area (Å²) in [6, 6.07) is 16.3. The molecule has 0 saturated carbocycles. The van der Waals surface area contributed by atoms with Crippen molar-refractivity contribution in [3.8, 4) is 11.5 Å². The topological polar surface area (TPSA) is 39.7 Å². The smallest absolute Gasteiger partial charge is 0.119 e. The zero-order valence-electron chi connectivity index (χ0n) is 17.2. The minimum Gasteiger partial charge on any atom is -0.491 e. The molecule has 2 aromatic rings. The van der Waals surface area contributed by atoms with Crippen LogP contribution in [-0.4, -0.2) is 32.5 Å². The lowest BCUT2D eigenvalue weighted by atomic mass is 9.87. The van der Waals surface area contributed by atoms with Gasteiger partial charge in [-0.05, 0) is 61.2 Å². The van der Waals surface area contributed by atoms with Crippen LogP contribution in [0.25, 0.3) is 0 Å². The molecule has 0 fully saturated rings. The van der Waals surface area contributed by atoms with E-state index in [-0.39, 0.29) is 11.5 Å². The predicted molar refractivity (Wildman–Crippen MR) is 112 cm³/mol. The van der Waals surface area contributed by atoms with E-state index in [9.17, 15) is 0 Å². The number of hydrogen-bond donors (Lipinski definition) is 1. The number of anilines is 1. The van der Waals surface area contributed by atoms with E-state index in [1.54, 1.807) is 0 Å². The van der Waals surface area contributed by atoms with E-state index < -0.39 is 0 Å². The Labute approximate surface area is 163 Å². The first-order valence-corrected chi connectivity index (χ1v) is 9.70. The Bertz CT molecular complexity index is 660. The van der Waals surface area contributed by atoms with Crippen molar-refractivity contribution in [1.82, 2.24) is 0 Å². The molecule has 0 spiro atoms. The third-order valence-electron chi connectivity index (χ3n) is 4.21. The van der Waals surface area contributed by atoms with Gasteiger partial charge >= 0.3 is 0 Å². The quantitative estimate of drug-likeness (QED) is 0.577. The second kappa shape index (κ2) is 10.2. The summed E-state index contributed by atoms with van der Waals surface area (Å²) in [5.74, 6) is 1.75. The molecule has 0 heterocycles. The molecule has 148 valence electrons. The molecule has 0 aliphatic carbocycles. The van der Waals surface area contributed by atoms with Crippen LogP contribution in [-0.2, 0) is 10.2 Å². The SMILES string of the molecule is CCOCCOc1ccc(NCC(C)Oc2ccc(C(C)(C)C)cc2)cc1. The van der Waals surface area contributed by atoms with Crippen LogP contribution >= 0.6 is 0 Å². The second-order valence-electron chi connectivity index (χ2n) is 7.65. The Kier molecular flexibility index (Phi) is 7.99. The first-order valence-electron chi connectivity index (χ1n) is 9.70. The molecule has 0 radical (unpaired) electrons. The van der Waals surface area contributed by atoms with Crippen LogP contribution in [0, 0.1) is 0 Å². The van der Waals surface area contributed by atoms with E-state index in [1.807, 2.05) is 43.3 Å². The van der Waals surface area contributed by atoms with Gasteiger partial charge in [-0.3, -0.25) is 0 Å². The van der Waals surface area contributed by atoms with Crippen LogP contribution < -0.4 is 14.8 Å². The first-order chi connectivity index (χ1) is 12.9. The fourth-order valence-corrected chi connectivity index (χ4v) is 2.60. The Balaban J connectivity index is 1.75. The van der Waals surface area contributed by atoms with Gasteiger partial charge in [0.25, 0.3) is 0 Å². The van der Waals surface area contributed by atoms with Gasteiger partial charge in [0.05, 0.1) is 13.2 Å². The van der Waals surface area contributed by atoms with E-state index in [0.717, 1.165) is 23.7 Å². The second-order valence-corrected chi connectivity index (χ2v) is 7.65. The summed E-state index contributed by atoms with van der Waals surface area (Å²) < 4.78 is 16.9. The molecular weight excluding hydrogens is 338 g/mol. The monoisotopic (exact) mass is 371 g/mol. The Morgan fingerprint density at radius 1 is 0.889 bits per heavy atom. The number of rotatable bonds is 10. The van der Waals surface area contributed by atoms with Crippen LogP contribution in [0.3, 0.4) is 0 Å². The summed E-state index contributed by atoms with van der Waals surface area (Å²) >= 11 is 0. The molecule has 2 rings (SSSR count). The van der Waals surface area contributed by atoms with E-state index in [2.05, 4.69) is 45.1 Å². The van der Waals surface area contributed by atoms with Crippen LogP contribution in [0.5, 0.6) is 11.5 Å². The molecule has 2 aromatic carbocycles. The highest BCUT2D eigenvalue weighted by molar-refractivity contribution is 5.46. The van der Waals surface area contributed by atoms with Gasteiger partial charge in [-0.2, -0.15) is 0 Å². The van der Waals surface area contributed by atoms with Crippen molar-refractivity contribution in [3.63, 3.8) is 0 Å². The van der Waals surface area contributed by atoms with Crippen LogP contribution in [0.2, 0.25) is 0 Å². The van der Waals surface area contributed by atoms with Gasteiger partial charge in [0.2, 0.25) is 0 Å². The zero-order chi connectivity index (χ0) is 19.7. The third kappa shape index (κ3) is 7.51. The summed E-state index contributed by atoms with van der Waals surface area (Å²) in [6.07, 6.45) is 0.0626. The molecule has 4 nitrogen and oxygen atoms in total. The van der Waals surface area contributed by atoms with Gasteiger partial charge in [-0.1, -0.05) is 32.9 Å². The normalized spacial score (nSPS) is 12.5.